The second kappa shape index (κ2) is 8.50. The van der Waals surface area contributed by atoms with Crippen LogP contribution < -0.4 is 19.7 Å². The Morgan fingerprint density at radius 1 is 1.04 bits per heavy atom. The molecule has 6 nitrogen and oxygen atoms in total. The molecule has 1 saturated heterocycles. The van der Waals surface area contributed by atoms with Gasteiger partial charge in [0.1, 0.15) is 11.5 Å². The minimum Gasteiger partial charge on any atom is -0.497 e. The zero-order valence-electron chi connectivity index (χ0n) is 15.8. The lowest BCUT2D eigenvalue weighted by Gasteiger charge is -2.34. The summed E-state index contributed by atoms with van der Waals surface area (Å²) in [6, 6.07) is 10.7. The van der Waals surface area contributed by atoms with E-state index in [4.69, 9.17) is 21.1 Å². The highest BCUT2D eigenvalue weighted by Gasteiger charge is 2.18. The smallest absolute Gasteiger partial charge is 0.259 e. The van der Waals surface area contributed by atoms with Crippen LogP contribution in [0.1, 0.15) is 10.4 Å². The summed E-state index contributed by atoms with van der Waals surface area (Å²) < 4.78 is 10.5. The van der Waals surface area contributed by atoms with Crippen molar-refractivity contribution in [3.05, 3.63) is 47.0 Å². The Hall–Kier alpha value is -2.44. The van der Waals surface area contributed by atoms with Gasteiger partial charge in [0.05, 0.1) is 30.5 Å². The highest BCUT2D eigenvalue weighted by atomic mass is 35.5. The van der Waals surface area contributed by atoms with E-state index in [-0.39, 0.29) is 5.91 Å². The standard InChI is InChI=1S/C20H24ClN3O3/c1-23-8-10-24(11-9-23)18-7-4-14(12-17(18)21)22-20(25)16-6-5-15(26-2)13-19(16)27-3/h4-7,12-13H,8-11H2,1-3H3,(H,22,25). The fourth-order valence-corrected chi connectivity index (χ4v) is 3.37. The normalized spacial score (nSPS) is 14.7. The Morgan fingerprint density at radius 2 is 1.78 bits per heavy atom. The molecule has 1 aliphatic rings. The van der Waals surface area contributed by atoms with Gasteiger partial charge < -0.3 is 24.6 Å². The number of ether oxygens (including phenoxy) is 2. The Labute approximate surface area is 164 Å². The van der Waals surface area contributed by atoms with E-state index in [1.165, 1.54) is 7.11 Å². The number of nitrogens with one attached hydrogen (secondary N) is 1. The number of nitrogens with zero attached hydrogens (tertiary/aromatic N) is 2. The first-order valence-corrected chi connectivity index (χ1v) is 9.16. The van der Waals surface area contributed by atoms with Gasteiger partial charge >= 0.3 is 0 Å². The fourth-order valence-electron chi connectivity index (χ4n) is 3.07. The molecule has 0 aromatic heterocycles. The summed E-state index contributed by atoms with van der Waals surface area (Å²) in [7, 11) is 5.21. The van der Waals surface area contributed by atoms with Crippen LogP contribution in [0, 0.1) is 0 Å². The number of hydrogen-bond acceptors (Lipinski definition) is 5. The minimum atomic E-state index is -0.266. The first kappa shape index (κ1) is 19.3. The van der Waals surface area contributed by atoms with Crippen LogP contribution in [0.3, 0.4) is 0 Å². The second-order valence-electron chi connectivity index (χ2n) is 6.48. The van der Waals surface area contributed by atoms with Gasteiger partial charge in [0.25, 0.3) is 5.91 Å². The summed E-state index contributed by atoms with van der Waals surface area (Å²) in [5.74, 6) is 0.813. The number of benzene rings is 2. The molecule has 1 fully saturated rings. The lowest BCUT2D eigenvalue weighted by molar-refractivity contribution is 0.102. The number of halogens is 1. The van der Waals surface area contributed by atoms with Gasteiger partial charge in [0.15, 0.2) is 0 Å². The molecule has 0 bridgehead atoms. The van der Waals surface area contributed by atoms with Gasteiger partial charge in [0.2, 0.25) is 0 Å². The van der Waals surface area contributed by atoms with Crippen LogP contribution >= 0.6 is 11.6 Å². The van der Waals surface area contributed by atoms with Gasteiger partial charge in [-0.1, -0.05) is 11.6 Å². The van der Waals surface area contributed by atoms with E-state index in [0.717, 1.165) is 31.9 Å². The molecule has 1 amide bonds. The van der Waals surface area contributed by atoms with Crippen LogP contribution in [0.2, 0.25) is 5.02 Å². The number of anilines is 2. The lowest BCUT2D eigenvalue weighted by Crippen LogP contribution is -2.44. The number of amides is 1. The number of carbonyl (C=O) groups excluding carboxylic acids is 1. The monoisotopic (exact) mass is 389 g/mol. The molecule has 3 rings (SSSR count). The third-order valence-corrected chi connectivity index (χ3v) is 5.01. The van der Waals surface area contributed by atoms with Crippen LogP contribution in [-0.4, -0.2) is 58.3 Å². The molecule has 1 N–H and O–H groups in total. The third-order valence-electron chi connectivity index (χ3n) is 4.70. The van der Waals surface area contributed by atoms with E-state index in [1.807, 2.05) is 12.1 Å². The second-order valence-corrected chi connectivity index (χ2v) is 6.88. The summed E-state index contributed by atoms with van der Waals surface area (Å²) in [6.07, 6.45) is 0. The fraction of sp³-hybridized carbons (Fsp3) is 0.350. The Bertz CT molecular complexity index is 820. The van der Waals surface area contributed by atoms with E-state index in [1.54, 1.807) is 31.4 Å². The minimum absolute atomic E-state index is 0.266. The van der Waals surface area contributed by atoms with Gasteiger partial charge in [-0.2, -0.15) is 0 Å². The Kier molecular flexibility index (Phi) is 6.08. The zero-order valence-corrected chi connectivity index (χ0v) is 16.5. The van der Waals surface area contributed by atoms with Crippen molar-refractivity contribution in [1.29, 1.82) is 0 Å². The molecule has 1 aliphatic heterocycles. The van der Waals surface area contributed by atoms with E-state index < -0.39 is 0 Å². The summed E-state index contributed by atoms with van der Waals surface area (Å²) in [6.45, 7) is 3.88. The van der Waals surface area contributed by atoms with Gasteiger partial charge in [-0.05, 0) is 37.4 Å². The summed E-state index contributed by atoms with van der Waals surface area (Å²) >= 11 is 6.48. The highest BCUT2D eigenvalue weighted by Crippen LogP contribution is 2.30. The molecule has 0 saturated carbocycles. The van der Waals surface area contributed by atoms with E-state index in [9.17, 15) is 4.79 Å². The molecule has 0 atom stereocenters. The summed E-state index contributed by atoms with van der Waals surface area (Å²) in [5, 5.41) is 3.50. The molecule has 0 spiro atoms. The third kappa shape index (κ3) is 4.46. The van der Waals surface area contributed by atoms with Crippen molar-refractivity contribution in [1.82, 2.24) is 4.90 Å². The maximum Gasteiger partial charge on any atom is 0.259 e. The van der Waals surface area contributed by atoms with E-state index >= 15 is 0 Å². The molecule has 2 aromatic carbocycles. The largest absolute Gasteiger partial charge is 0.497 e. The van der Waals surface area contributed by atoms with Crippen molar-refractivity contribution in [2.75, 3.05) is 57.7 Å². The first-order valence-electron chi connectivity index (χ1n) is 8.78. The molecule has 0 radical (unpaired) electrons. The predicted octanol–water partition coefficient (Wildman–Crippen LogP) is 3.36. The SMILES string of the molecule is COc1ccc(C(=O)Nc2ccc(N3CCN(C)CC3)c(Cl)c2)c(OC)c1. The zero-order chi connectivity index (χ0) is 19.4. The number of methoxy groups -OCH3 is 2. The molecule has 144 valence electrons. The topological polar surface area (TPSA) is 54.0 Å². The van der Waals surface area contributed by atoms with Gasteiger partial charge in [0, 0.05) is 37.9 Å². The number of rotatable bonds is 5. The number of carbonyl (C=O) groups is 1. The number of hydrogen-bond donors (Lipinski definition) is 1. The van der Waals surface area contributed by atoms with Crippen molar-refractivity contribution in [2.24, 2.45) is 0 Å². The Balaban J connectivity index is 1.74. The lowest BCUT2D eigenvalue weighted by atomic mass is 10.1. The predicted molar refractivity (Wildman–Crippen MR) is 109 cm³/mol. The van der Waals surface area contributed by atoms with Crippen molar-refractivity contribution in [2.45, 2.75) is 0 Å². The van der Waals surface area contributed by atoms with Crippen molar-refractivity contribution < 1.29 is 14.3 Å². The highest BCUT2D eigenvalue weighted by molar-refractivity contribution is 6.33. The van der Waals surface area contributed by atoms with Gasteiger partial charge in [-0.25, -0.2) is 0 Å². The number of piperazine rings is 1. The van der Waals surface area contributed by atoms with Crippen LogP contribution in [0.15, 0.2) is 36.4 Å². The molecule has 0 aliphatic carbocycles. The summed E-state index contributed by atoms with van der Waals surface area (Å²) in [5.41, 5.74) is 2.06. The molecule has 1 heterocycles. The van der Waals surface area contributed by atoms with Crippen LogP contribution in [0.5, 0.6) is 11.5 Å². The molecule has 2 aromatic rings. The molecular formula is C20H24ClN3O3. The first-order chi connectivity index (χ1) is 13.0. The molecular weight excluding hydrogens is 366 g/mol. The average Bonchev–Trinajstić information content (AvgIpc) is 2.68. The molecule has 27 heavy (non-hydrogen) atoms. The van der Waals surface area contributed by atoms with Crippen LogP contribution in [0.25, 0.3) is 0 Å². The van der Waals surface area contributed by atoms with Crippen molar-refractivity contribution >= 4 is 28.9 Å². The van der Waals surface area contributed by atoms with Crippen molar-refractivity contribution in [3.63, 3.8) is 0 Å². The summed E-state index contributed by atoms with van der Waals surface area (Å²) in [4.78, 5) is 17.2. The van der Waals surface area contributed by atoms with Crippen molar-refractivity contribution in [3.8, 4) is 11.5 Å². The quantitative estimate of drug-likeness (QED) is 0.849. The van der Waals surface area contributed by atoms with Crippen LogP contribution in [-0.2, 0) is 0 Å². The number of likely N-dealkylation sites (N-methyl/N-ethyl adjacent to an activating group) is 1. The Morgan fingerprint density at radius 3 is 2.41 bits per heavy atom. The maximum atomic E-state index is 12.6. The van der Waals surface area contributed by atoms with Gasteiger partial charge in [-0.3, -0.25) is 4.79 Å². The maximum absolute atomic E-state index is 12.6. The molecule has 0 unspecified atom stereocenters. The van der Waals surface area contributed by atoms with Crippen LogP contribution in [0.4, 0.5) is 11.4 Å². The average molecular weight is 390 g/mol. The van der Waals surface area contributed by atoms with E-state index in [0.29, 0.717) is 27.8 Å². The van der Waals surface area contributed by atoms with E-state index in [2.05, 4.69) is 22.2 Å². The molecule has 7 heteroatoms. The van der Waals surface area contributed by atoms with Gasteiger partial charge in [-0.15, -0.1) is 0 Å².